The van der Waals surface area contributed by atoms with Gasteiger partial charge in [-0.05, 0) is 19.1 Å². The first-order chi connectivity index (χ1) is 14.7. The van der Waals surface area contributed by atoms with Crippen LogP contribution in [0.25, 0.3) is 11.3 Å². The van der Waals surface area contributed by atoms with Gasteiger partial charge in [-0.2, -0.15) is 0 Å². The van der Waals surface area contributed by atoms with E-state index in [0.717, 1.165) is 18.8 Å². The molecule has 3 aromatic rings. The Morgan fingerprint density at radius 1 is 1.10 bits per heavy atom. The highest BCUT2D eigenvalue weighted by Crippen LogP contribution is 2.27. The molecule has 1 N–H and O–H groups in total. The lowest BCUT2D eigenvalue weighted by molar-refractivity contribution is 0.0601. The highest BCUT2D eigenvalue weighted by molar-refractivity contribution is 5.96. The number of aromatic nitrogens is 4. The van der Waals surface area contributed by atoms with Gasteiger partial charge in [0.25, 0.3) is 0 Å². The zero-order chi connectivity index (χ0) is 20.9. The van der Waals surface area contributed by atoms with Gasteiger partial charge in [0, 0.05) is 36.7 Å². The Hall–Kier alpha value is -3.59. The Bertz CT molecular complexity index is 1040. The van der Waals surface area contributed by atoms with Gasteiger partial charge in [0.05, 0.1) is 31.7 Å². The van der Waals surface area contributed by atoms with E-state index in [2.05, 4.69) is 30.2 Å². The maximum atomic E-state index is 12.3. The number of anilines is 3. The molecule has 0 amide bonds. The van der Waals surface area contributed by atoms with Crippen molar-refractivity contribution in [1.29, 1.82) is 0 Å². The van der Waals surface area contributed by atoms with Crippen molar-refractivity contribution < 1.29 is 14.3 Å². The Kier molecular flexibility index (Phi) is 5.80. The number of carbonyl (C=O) groups excluding carboxylic acids is 1. The fraction of sp³-hybridized carbons (Fsp3) is 0.286. The lowest BCUT2D eigenvalue weighted by atomic mass is 10.1. The Morgan fingerprint density at radius 2 is 1.87 bits per heavy atom. The third-order valence-electron chi connectivity index (χ3n) is 4.74. The second-order valence-corrected chi connectivity index (χ2v) is 6.71. The van der Waals surface area contributed by atoms with Crippen molar-refractivity contribution in [1.82, 2.24) is 19.9 Å². The van der Waals surface area contributed by atoms with Gasteiger partial charge in [0.1, 0.15) is 5.56 Å². The lowest BCUT2D eigenvalue weighted by Gasteiger charge is -2.27. The van der Waals surface area contributed by atoms with Crippen LogP contribution in [-0.2, 0) is 9.47 Å². The van der Waals surface area contributed by atoms with Crippen molar-refractivity contribution in [3.05, 3.63) is 54.0 Å². The molecule has 1 aliphatic rings. The van der Waals surface area contributed by atoms with Gasteiger partial charge in [-0.15, -0.1) is 0 Å². The summed E-state index contributed by atoms with van der Waals surface area (Å²) in [6, 6.07) is 9.56. The highest BCUT2D eigenvalue weighted by Gasteiger charge is 2.21. The maximum Gasteiger partial charge on any atom is 0.341 e. The monoisotopic (exact) mass is 406 g/mol. The minimum absolute atomic E-state index is 0.252. The van der Waals surface area contributed by atoms with Crippen LogP contribution in [0.4, 0.5) is 17.6 Å². The predicted octanol–water partition coefficient (Wildman–Crippen LogP) is 2.61. The van der Waals surface area contributed by atoms with Gasteiger partial charge >= 0.3 is 5.97 Å². The minimum atomic E-state index is -0.520. The number of aryl methyl sites for hydroxylation is 1. The molecule has 1 aliphatic heterocycles. The molecule has 1 saturated heterocycles. The van der Waals surface area contributed by atoms with Crippen molar-refractivity contribution >= 4 is 23.6 Å². The van der Waals surface area contributed by atoms with E-state index in [1.807, 2.05) is 37.3 Å². The number of nitrogens with zero attached hydrogens (tertiary/aromatic N) is 5. The smallest absolute Gasteiger partial charge is 0.341 e. The van der Waals surface area contributed by atoms with Gasteiger partial charge < -0.3 is 19.7 Å². The van der Waals surface area contributed by atoms with Crippen LogP contribution in [0.5, 0.6) is 0 Å². The lowest BCUT2D eigenvalue weighted by Crippen LogP contribution is -2.37. The molecule has 30 heavy (non-hydrogen) atoms. The van der Waals surface area contributed by atoms with Crippen LogP contribution in [0.2, 0.25) is 0 Å². The number of para-hydroxylation sites is 1. The van der Waals surface area contributed by atoms with Crippen LogP contribution in [0.15, 0.2) is 42.7 Å². The van der Waals surface area contributed by atoms with E-state index in [1.54, 1.807) is 6.20 Å². The predicted molar refractivity (Wildman–Crippen MR) is 112 cm³/mol. The summed E-state index contributed by atoms with van der Waals surface area (Å²) in [6.07, 6.45) is 3.14. The zero-order valence-electron chi connectivity index (χ0n) is 16.8. The van der Waals surface area contributed by atoms with Gasteiger partial charge in [0.15, 0.2) is 0 Å². The summed E-state index contributed by atoms with van der Waals surface area (Å²) >= 11 is 0. The number of benzene rings is 1. The fourth-order valence-electron chi connectivity index (χ4n) is 3.16. The molecule has 0 bridgehead atoms. The molecule has 154 valence electrons. The van der Waals surface area contributed by atoms with Gasteiger partial charge in [-0.3, -0.25) is 0 Å². The first-order valence-electron chi connectivity index (χ1n) is 9.60. The summed E-state index contributed by atoms with van der Waals surface area (Å²) in [4.78, 5) is 32.4. The number of esters is 1. The standard InChI is InChI=1S/C21H22N6O3/c1-14-16(12-23-21(24-14)27-8-10-30-11-9-27)18-17(19(28)29-2)13-22-20(26-18)25-15-6-4-3-5-7-15/h3-7,12-13H,8-11H2,1-2H3,(H,22,25,26). The Morgan fingerprint density at radius 3 is 2.57 bits per heavy atom. The molecule has 2 aromatic heterocycles. The van der Waals surface area contributed by atoms with Crippen molar-refractivity contribution in [2.45, 2.75) is 6.92 Å². The summed E-state index contributed by atoms with van der Waals surface area (Å²) in [5.74, 6) is 0.476. The second kappa shape index (κ2) is 8.83. The van der Waals surface area contributed by atoms with E-state index in [1.165, 1.54) is 13.3 Å². The Balaban J connectivity index is 1.71. The molecule has 3 heterocycles. The first-order valence-corrected chi connectivity index (χ1v) is 9.60. The average molecular weight is 406 g/mol. The molecule has 9 heteroatoms. The van der Waals surface area contributed by atoms with E-state index in [0.29, 0.717) is 42.1 Å². The minimum Gasteiger partial charge on any atom is -0.465 e. The number of methoxy groups -OCH3 is 1. The molecule has 0 aliphatic carbocycles. The van der Waals surface area contributed by atoms with E-state index in [9.17, 15) is 4.79 Å². The molecular weight excluding hydrogens is 384 g/mol. The third-order valence-corrected chi connectivity index (χ3v) is 4.74. The van der Waals surface area contributed by atoms with Crippen molar-refractivity contribution in [2.75, 3.05) is 43.6 Å². The molecule has 0 atom stereocenters. The average Bonchev–Trinajstić information content (AvgIpc) is 2.80. The third kappa shape index (κ3) is 4.20. The summed E-state index contributed by atoms with van der Waals surface area (Å²) in [5, 5.41) is 3.14. The highest BCUT2D eigenvalue weighted by atomic mass is 16.5. The molecule has 1 fully saturated rings. The van der Waals surface area contributed by atoms with Crippen LogP contribution in [0, 0.1) is 6.92 Å². The molecular formula is C21H22N6O3. The number of morpholine rings is 1. The number of hydrogen-bond acceptors (Lipinski definition) is 9. The van der Waals surface area contributed by atoms with Crippen molar-refractivity contribution in [2.24, 2.45) is 0 Å². The molecule has 1 aromatic carbocycles. The van der Waals surface area contributed by atoms with Crippen LogP contribution < -0.4 is 10.2 Å². The largest absolute Gasteiger partial charge is 0.465 e. The van der Waals surface area contributed by atoms with Gasteiger partial charge in [0.2, 0.25) is 11.9 Å². The number of ether oxygens (including phenoxy) is 2. The van der Waals surface area contributed by atoms with E-state index >= 15 is 0 Å². The number of hydrogen-bond donors (Lipinski definition) is 1. The van der Waals surface area contributed by atoms with Gasteiger partial charge in [-0.25, -0.2) is 24.7 Å². The normalized spacial score (nSPS) is 13.7. The fourth-order valence-corrected chi connectivity index (χ4v) is 3.16. The number of nitrogens with one attached hydrogen (secondary N) is 1. The molecule has 0 spiro atoms. The molecule has 0 unspecified atom stereocenters. The number of carbonyl (C=O) groups is 1. The van der Waals surface area contributed by atoms with Crippen molar-refractivity contribution in [3.8, 4) is 11.3 Å². The number of rotatable bonds is 5. The quantitative estimate of drug-likeness (QED) is 0.641. The van der Waals surface area contributed by atoms with E-state index in [-0.39, 0.29) is 5.56 Å². The maximum absolute atomic E-state index is 12.3. The summed E-state index contributed by atoms with van der Waals surface area (Å²) in [6.45, 7) is 4.65. The second-order valence-electron chi connectivity index (χ2n) is 6.71. The topological polar surface area (TPSA) is 102 Å². The van der Waals surface area contributed by atoms with Crippen LogP contribution in [0.1, 0.15) is 16.1 Å². The van der Waals surface area contributed by atoms with Crippen LogP contribution in [0.3, 0.4) is 0 Å². The van der Waals surface area contributed by atoms with E-state index < -0.39 is 5.97 Å². The Labute approximate surface area is 174 Å². The summed E-state index contributed by atoms with van der Waals surface area (Å²) in [7, 11) is 1.33. The molecule has 0 radical (unpaired) electrons. The summed E-state index contributed by atoms with van der Waals surface area (Å²) < 4.78 is 10.3. The van der Waals surface area contributed by atoms with Gasteiger partial charge in [-0.1, -0.05) is 18.2 Å². The molecule has 9 nitrogen and oxygen atoms in total. The van der Waals surface area contributed by atoms with Crippen LogP contribution >= 0.6 is 0 Å². The van der Waals surface area contributed by atoms with Crippen LogP contribution in [-0.4, -0.2) is 59.3 Å². The van der Waals surface area contributed by atoms with E-state index in [4.69, 9.17) is 9.47 Å². The molecule has 4 rings (SSSR count). The van der Waals surface area contributed by atoms with Crippen molar-refractivity contribution in [3.63, 3.8) is 0 Å². The zero-order valence-corrected chi connectivity index (χ0v) is 16.8. The summed E-state index contributed by atoms with van der Waals surface area (Å²) in [5.41, 5.74) is 2.86. The molecule has 0 saturated carbocycles. The SMILES string of the molecule is COC(=O)c1cnc(Nc2ccccc2)nc1-c1cnc(N2CCOCC2)nc1C. The first kappa shape index (κ1) is 19.7.